The Morgan fingerprint density at radius 1 is 0.500 bits per heavy atom. The molecule has 4 aromatic rings. The summed E-state index contributed by atoms with van der Waals surface area (Å²) in [6.45, 7) is 0. The number of hydrogen-bond acceptors (Lipinski definition) is 2. The number of rotatable bonds is 4. The quantitative estimate of drug-likeness (QED) is 0.302. The Bertz CT molecular complexity index is 1200. The summed E-state index contributed by atoms with van der Waals surface area (Å²) in [4.78, 5) is 2.06. The lowest BCUT2D eigenvalue weighted by atomic mass is 9.99. The van der Waals surface area contributed by atoms with E-state index in [1.165, 1.54) is 6.07 Å². The van der Waals surface area contributed by atoms with Gasteiger partial charge in [0.1, 0.15) is 0 Å². The fourth-order valence-electron chi connectivity index (χ4n) is 3.89. The summed E-state index contributed by atoms with van der Waals surface area (Å²) in [5.74, 6) is 0. The van der Waals surface area contributed by atoms with Gasteiger partial charge in [0.2, 0.25) is 0 Å². The van der Waals surface area contributed by atoms with Crippen molar-refractivity contribution in [1.82, 2.24) is 0 Å². The smallest absolute Gasteiger partial charge is 0.311 e. The second kappa shape index (κ2) is 7.50. The molecular formula is C26H17F4NO. The molecule has 0 fully saturated rings. The average molecular weight is 435 g/mol. The first-order chi connectivity index (χ1) is 15.4. The van der Waals surface area contributed by atoms with Crippen molar-refractivity contribution < 1.29 is 22.3 Å². The monoisotopic (exact) mass is 435 g/mol. The van der Waals surface area contributed by atoms with Crippen LogP contribution in [-0.2, 0) is 17.0 Å². The van der Waals surface area contributed by atoms with Gasteiger partial charge < -0.3 is 4.90 Å². The van der Waals surface area contributed by atoms with E-state index in [0.29, 0.717) is 11.1 Å². The Morgan fingerprint density at radius 2 is 0.969 bits per heavy atom. The number of fused-ring (bicyclic) bond motifs is 1. The number of para-hydroxylation sites is 2. The van der Waals surface area contributed by atoms with Crippen molar-refractivity contribution in [2.24, 2.45) is 0 Å². The lowest BCUT2D eigenvalue weighted by Gasteiger charge is -2.25. The highest BCUT2D eigenvalue weighted by Crippen LogP contribution is 2.51. The van der Waals surface area contributed by atoms with Gasteiger partial charge in [-0.3, -0.25) is 0 Å². The van der Waals surface area contributed by atoms with E-state index in [2.05, 4.69) is 9.64 Å². The number of nitrogens with zero attached hydrogens (tertiary/aromatic N) is 1. The lowest BCUT2D eigenvalue weighted by Crippen LogP contribution is -2.17. The second-order valence-corrected chi connectivity index (χ2v) is 7.45. The van der Waals surface area contributed by atoms with Gasteiger partial charge in [-0.2, -0.15) is 17.6 Å². The van der Waals surface area contributed by atoms with Crippen molar-refractivity contribution in [2.75, 3.05) is 4.90 Å². The molecule has 0 aromatic heterocycles. The molecule has 0 radical (unpaired) electrons. The van der Waals surface area contributed by atoms with Crippen LogP contribution in [0.5, 0.6) is 0 Å². The van der Waals surface area contributed by atoms with Crippen LogP contribution in [0.25, 0.3) is 11.1 Å². The summed E-state index contributed by atoms with van der Waals surface area (Å²) < 4.78 is 59.0. The fourth-order valence-corrected chi connectivity index (χ4v) is 3.89. The first kappa shape index (κ1) is 20.3. The standard InChI is InChI=1S/C26H17F4NO/c27-25(28)23-16-13-19(17-24(23)26(29,30)32-25)18-11-14-22(15-12-18)31(20-7-3-1-4-8-20)21-9-5-2-6-10-21/h1-17H. The third-order valence-corrected chi connectivity index (χ3v) is 5.39. The van der Waals surface area contributed by atoms with Gasteiger partial charge in [0, 0.05) is 17.1 Å². The van der Waals surface area contributed by atoms with Crippen molar-refractivity contribution >= 4 is 17.1 Å². The summed E-state index contributed by atoms with van der Waals surface area (Å²) in [7, 11) is 0. The maximum absolute atomic E-state index is 14.0. The van der Waals surface area contributed by atoms with Gasteiger partial charge in [0.05, 0.1) is 11.1 Å². The van der Waals surface area contributed by atoms with Crippen molar-refractivity contribution in [3.05, 3.63) is 114 Å². The summed E-state index contributed by atoms with van der Waals surface area (Å²) in [6, 6.07) is 30.4. The molecule has 0 unspecified atom stereocenters. The second-order valence-electron chi connectivity index (χ2n) is 7.45. The van der Waals surface area contributed by atoms with Crippen molar-refractivity contribution in [1.29, 1.82) is 0 Å². The number of alkyl halides is 4. The summed E-state index contributed by atoms with van der Waals surface area (Å²) in [5.41, 5.74) is 2.21. The first-order valence-electron chi connectivity index (χ1n) is 9.97. The van der Waals surface area contributed by atoms with Crippen LogP contribution in [0.15, 0.2) is 103 Å². The molecule has 0 atom stereocenters. The minimum Gasteiger partial charge on any atom is -0.311 e. The maximum Gasteiger partial charge on any atom is 0.388 e. The Morgan fingerprint density at radius 3 is 1.53 bits per heavy atom. The Balaban J connectivity index is 1.53. The third-order valence-electron chi connectivity index (χ3n) is 5.39. The highest BCUT2D eigenvalue weighted by Gasteiger charge is 2.57. The van der Waals surface area contributed by atoms with Crippen LogP contribution in [0.3, 0.4) is 0 Å². The number of anilines is 3. The van der Waals surface area contributed by atoms with Crippen LogP contribution in [0.4, 0.5) is 34.6 Å². The van der Waals surface area contributed by atoms with Crippen molar-refractivity contribution in [3.63, 3.8) is 0 Å². The van der Waals surface area contributed by atoms with E-state index >= 15 is 0 Å². The maximum atomic E-state index is 14.0. The number of halogens is 4. The zero-order valence-electron chi connectivity index (χ0n) is 16.7. The summed E-state index contributed by atoms with van der Waals surface area (Å²) >= 11 is 0. The molecule has 0 amide bonds. The van der Waals surface area contributed by atoms with Gasteiger partial charge in [0.25, 0.3) is 0 Å². The molecule has 160 valence electrons. The van der Waals surface area contributed by atoms with Crippen LogP contribution in [0, 0.1) is 0 Å². The number of hydrogen-bond donors (Lipinski definition) is 0. The van der Waals surface area contributed by atoms with Gasteiger partial charge in [-0.1, -0.05) is 54.6 Å². The Kier molecular flexibility index (Phi) is 4.75. The molecule has 0 saturated carbocycles. The minimum atomic E-state index is -4.04. The van der Waals surface area contributed by atoms with Crippen LogP contribution in [0.2, 0.25) is 0 Å². The third kappa shape index (κ3) is 3.52. The molecule has 1 aliphatic heterocycles. The summed E-state index contributed by atoms with van der Waals surface area (Å²) in [5, 5.41) is 0. The molecule has 0 bridgehead atoms. The lowest BCUT2D eigenvalue weighted by molar-refractivity contribution is -0.369. The van der Waals surface area contributed by atoms with E-state index in [1.54, 1.807) is 12.1 Å². The Hall–Kier alpha value is -3.64. The van der Waals surface area contributed by atoms with Crippen LogP contribution >= 0.6 is 0 Å². The van der Waals surface area contributed by atoms with Crippen LogP contribution in [0.1, 0.15) is 11.1 Å². The highest BCUT2D eigenvalue weighted by atomic mass is 19.3. The van der Waals surface area contributed by atoms with E-state index in [4.69, 9.17) is 0 Å². The zero-order chi connectivity index (χ0) is 22.3. The van der Waals surface area contributed by atoms with E-state index in [9.17, 15) is 17.6 Å². The molecule has 0 saturated heterocycles. The normalized spacial score (nSPS) is 15.9. The first-order valence-corrected chi connectivity index (χ1v) is 9.97. The van der Waals surface area contributed by atoms with Gasteiger partial charge in [-0.15, -0.1) is 0 Å². The predicted octanol–water partition coefficient (Wildman–Crippen LogP) is 7.95. The molecule has 6 heteroatoms. The molecule has 0 spiro atoms. The average Bonchev–Trinajstić information content (AvgIpc) is 2.99. The predicted molar refractivity (Wildman–Crippen MR) is 115 cm³/mol. The van der Waals surface area contributed by atoms with E-state index in [1.807, 2.05) is 72.8 Å². The topological polar surface area (TPSA) is 12.5 Å². The molecule has 0 N–H and O–H groups in total. The van der Waals surface area contributed by atoms with E-state index in [-0.39, 0.29) is 0 Å². The van der Waals surface area contributed by atoms with Crippen molar-refractivity contribution in [3.8, 4) is 11.1 Å². The van der Waals surface area contributed by atoms with Gasteiger partial charge >= 0.3 is 12.2 Å². The fraction of sp³-hybridized carbons (Fsp3) is 0.0769. The zero-order valence-corrected chi connectivity index (χ0v) is 16.7. The molecule has 4 aromatic carbocycles. The van der Waals surface area contributed by atoms with Gasteiger partial charge in [-0.25, -0.2) is 4.74 Å². The molecule has 1 aliphatic rings. The number of ether oxygens (including phenoxy) is 1. The minimum absolute atomic E-state index is 0.405. The molecule has 32 heavy (non-hydrogen) atoms. The largest absolute Gasteiger partial charge is 0.388 e. The molecule has 5 rings (SSSR count). The molecular weight excluding hydrogens is 418 g/mol. The molecule has 0 aliphatic carbocycles. The van der Waals surface area contributed by atoms with Gasteiger partial charge in [0.15, 0.2) is 0 Å². The van der Waals surface area contributed by atoms with E-state index in [0.717, 1.165) is 29.2 Å². The van der Waals surface area contributed by atoms with Crippen LogP contribution in [-0.4, -0.2) is 0 Å². The number of benzene rings is 4. The summed E-state index contributed by atoms with van der Waals surface area (Å²) in [6.07, 6.45) is -8.04. The highest BCUT2D eigenvalue weighted by molar-refractivity contribution is 5.78. The SMILES string of the molecule is FC1(F)OC(F)(F)c2cc(-c3ccc(N(c4ccccc4)c4ccccc4)cc3)ccc21. The Labute approximate surface area is 182 Å². The molecule has 2 nitrogen and oxygen atoms in total. The van der Waals surface area contributed by atoms with Crippen LogP contribution < -0.4 is 4.90 Å². The van der Waals surface area contributed by atoms with Gasteiger partial charge in [-0.05, 0) is 59.7 Å². The van der Waals surface area contributed by atoms with Crippen molar-refractivity contribution in [2.45, 2.75) is 12.2 Å². The van der Waals surface area contributed by atoms with E-state index < -0.39 is 23.3 Å². The molecule has 1 heterocycles.